The minimum Gasteiger partial charge on any atom is -0.487 e. The number of aryl methyl sites for hydroxylation is 1. The second-order valence-electron chi connectivity index (χ2n) is 7.02. The highest BCUT2D eigenvalue weighted by molar-refractivity contribution is 9.10. The number of fused-ring (bicyclic) bond motifs is 1. The van der Waals surface area contributed by atoms with Crippen molar-refractivity contribution in [3.8, 4) is 5.75 Å². The van der Waals surface area contributed by atoms with Crippen LogP contribution in [0.4, 0.5) is 8.78 Å². The maximum atomic E-state index is 13.8. The molecule has 0 saturated heterocycles. The fourth-order valence-corrected chi connectivity index (χ4v) is 3.69. The molecule has 1 aliphatic carbocycles. The quantitative estimate of drug-likeness (QED) is 0.619. The smallest absolute Gasteiger partial charge is 0.269 e. The van der Waals surface area contributed by atoms with Crippen LogP contribution in [-0.2, 0) is 13.2 Å². The van der Waals surface area contributed by atoms with Crippen molar-refractivity contribution in [1.82, 2.24) is 14.8 Å². The Bertz CT molecular complexity index is 1330. The second kappa shape index (κ2) is 8.39. The Morgan fingerprint density at radius 3 is 2.90 bits per heavy atom. The number of allylic oxidation sites excluding steroid dienone is 2. The van der Waals surface area contributed by atoms with Crippen LogP contribution in [0.1, 0.15) is 17.7 Å². The maximum absolute atomic E-state index is 13.8. The summed E-state index contributed by atoms with van der Waals surface area (Å²) in [5, 5.41) is 8.92. The number of rotatable bonds is 5. The van der Waals surface area contributed by atoms with E-state index in [4.69, 9.17) is 4.74 Å². The molecule has 0 aliphatic heterocycles. The van der Waals surface area contributed by atoms with Crippen LogP contribution in [-0.4, -0.2) is 14.8 Å². The molecule has 0 radical (unpaired) electrons. The van der Waals surface area contributed by atoms with E-state index >= 15 is 0 Å². The molecule has 1 aromatic carbocycles. The molecule has 1 aliphatic rings. The Kier molecular flexibility index (Phi) is 5.67. The van der Waals surface area contributed by atoms with E-state index in [0.717, 1.165) is 22.2 Å². The van der Waals surface area contributed by atoms with Gasteiger partial charge in [-0.3, -0.25) is 9.89 Å². The van der Waals surface area contributed by atoms with Gasteiger partial charge in [0.2, 0.25) is 0 Å². The molecule has 0 spiro atoms. The number of hydrogen-bond acceptors (Lipinski definition) is 3. The van der Waals surface area contributed by atoms with E-state index in [1.54, 1.807) is 16.8 Å². The Balaban J connectivity index is 1.56. The van der Waals surface area contributed by atoms with Crippen LogP contribution in [0.5, 0.6) is 5.75 Å². The van der Waals surface area contributed by atoms with Gasteiger partial charge < -0.3 is 9.30 Å². The summed E-state index contributed by atoms with van der Waals surface area (Å²) in [7, 11) is 0. The van der Waals surface area contributed by atoms with Gasteiger partial charge in [-0.25, -0.2) is 8.78 Å². The zero-order valence-electron chi connectivity index (χ0n) is 16.1. The van der Waals surface area contributed by atoms with E-state index in [1.165, 1.54) is 12.1 Å². The van der Waals surface area contributed by atoms with Crippen molar-refractivity contribution in [2.24, 2.45) is 0 Å². The van der Waals surface area contributed by atoms with Crippen LogP contribution in [0.3, 0.4) is 0 Å². The average Bonchev–Trinajstić information content (AvgIpc) is 3.08. The third-order valence-electron chi connectivity index (χ3n) is 4.94. The van der Waals surface area contributed by atoms with E-state index in [-0.39, 0.29) is 22.2 Å². The summed E-state index contributed by atoms with van der Waals surface area (Å²) in [4.78, 5) is 12.9. The summed E-state index contributed by atoms with van der Waals surface area (Å²) in [6.45, 7) is 2.13. The van der Waals surface area contributed by atoms with Gasteiger partial charge in [-0.05, 0) is 53.1 Å². The molecule has 5 nitrogen and oxygen atoms in total. The van der Waals surface area contributed by atoms with Crippen molar-refractivity contribution < 1.29 is 13.5 Å². The zero-order valence-corrected chi connectivity index (χ0v) is 17.7. The molecule has 4 rings (SSSR count). The van der Waals surface area contributed by atoms with Crippen molar-refractivity contribution >= 4 is 28.1 Å². The van der Waals surface area contributed by atoms with Crippen molar-refractivity contribution in [1.29, 1.82) is 0 Å². The highest BCUT2D eigenvalue weighted by Gasteiger charge is 2.14. The molecule has 0 fully saturated rings. The third kappa shape index (κ3) is 4.14. The third-order valence-corrected chi connectivity index (χ3v) is 5.67. The van der Waals surface area contributed by atoms with Gasteiger partial charge >= 0.3 is 0 Å². The van der Waals surface area contributed by atoms with Gasteiger partial charge in [0, 0.05) is 35.2 Å². The van der Waals surface area contributed by atoms with Crippen LogP contribution in [0.25, 0.3) is 12.2 Å². The monoisotopic (exact) mass is 473 g/mol. The molecular weight excluding hydrogens is 456 g/mol. The first-order valence-corrected chi connectivity index (χ1v) is 10.1. The van der Waals surface area contributed by atoms with Crippen molar-refractivity contribution in [3.05, 3.63) is 90.4 Å². The topological polar surface area (TPSA) is 59.9 Å². The predicted molar refractivity (Wildman–Crippen MR) is 113 cm³/mol. The largest absolute Gasteiger partial charge is 0.487 e. The van der Waals surface area contributed by atoms with Gasteiger partial charge in [0.25, 0.3) is 5.56 Å². The molecule has 2 heterocycles. The summed E-state index contributed by atoms with van der Waals surface area (Å²) in [5.41, 5.74) is 1.74. The molecular formula is C22H18BrF2N3O2. The van der Waals surface area contributed by atoms with E-state index < -0.39 is 11.6 Å². The first kappa shape index (κ1) is 20.3. The minimum atomic E-state index is -0.691. The van der Waals surface area contributed by atoms with Gasteiger partial charge in [0.15, 0.2) is 0 Å². The molecule has 0 amide bonds. The fourth-order valence-electron chi connectivity index (χ4n) is 3.24. The molecule has 30 heavy (non-hydrogen) atoms. The number of benzene rings is 1. The van der Waals surface area contributed by atoms with Gasteiger partial charge in [0.1, 0.15) is 28.5 Å². The number of pyridine rings is 1. The fraction of sp³-hybridized carbons (Fsp3) is 0.182. The summed E-state index contributed by atoms with van der Waals surface area (Å²) >= 11 is 3.31. The molecule has 0 unspecified atom stereocenters. The van der Waals surface area contributed by atoms with E-state index in [2.05, 4.69) is 32.2 Å². The Hall–Kier alpha value is -3.00. The summed E-state index contributed by atoms with van der Waals surface area (Å²) in [5.74, 6) is -1.03. The molecule has 0 bridgehead atoms. The molecule has 1 N–H and O–H groups in total. The molecule has 3 aromatic rings. The van der Waals surface area contributed by atoms with E-state index in [1.807, 2.05) is 19.1 Å². The summed E-state index contributed by atoms with van der Waals surface area (Å²) in [6.07, 6.45) is 8.48. The maximum Gasteiger partial charge on any atom is 0.269 e. The Morgan fingerprint density at radius 2 is 2.10 bits per heavy atom. The lowest BCUT2D eigenvalue weighted by Gasteiger charge is -2.15. The number of aromatic amines is 1. The lowest BCUT2D eigenvalue weighted by Crippen LogP contribution is -2.24. The molecule has 0 saturated carbocycles. The van der Waals surface area contributed by atoms with Crippen LogP contribution >= 0.6 is 15.9 Å². The zero-order chi connectivity index (χ0) is 21.3. The lowest BCUT2D eigenvalue weighted by atomic mass is 10.1. The normalized spacial score (nSPS) is 13.0. The summed E-state index contributed by atoms with van der Waals surface area (Å²) < 4.78 is 34.4. The van der Waals surface area contributed by atoms with Crippen molar-refractivity contribution in [2.75, 3.05) is 0 Å². The van der Waals surface area contributed by atoms with Crippen LogP contribution < -0.4 is 20.9 Å². The van der Waals surface area contributed by atoms with E-state index in [0.29, 0.717) is 24.4 Å². The van der Waals surface area contributed by atoms with Crippen molar-refractivity contribution in [3.63, 3.8) is 0 Å². The summed E-state index contributed by atoms with van der Waals surface area (Å²) in [6, 6.07) is 5.02. The lowest BCUT2D eigenvalue weighted by molar-refractivity contribution is 0.295. The molecule has 0 atom stereocenters. The highest BCUT2D eigenvalue weighted by Crippen LogP contribution is 2.24. The number of nitrogens with one attached hydrogen (secondary N) is 1. The SMILES string of the molecule is Cc1cc(OCc2ccc(F)cc2F)c(Br)c(=O)n1CC1=CC=c2[nH]ncc2=CC1. The van der Waals surface area contributed by atoms with Gasteiger partial charge in [-0.2, -0.15) is 5.10 Å². The molecule has 154 valence electrons. The minimum absolute atomic E-state index is 0.117. The molecule has 2 aromatic heterocycles. The average molecular weight is 474 g/mol. The standard InChI is InChI=1S/C22H18BrF2N3O2/c1-13-8-20(30-12-16-5-6-17(24)9-18(16)25)21(23)22(29)28(13)11-14-2-4-15-10-26-27-19(15)7-3-14/h3-10,27H,2,11-12H2,1H3. The first-order valence-electron chi connectivity index (χ1n) is 9.28. The molecule has 8 heteroatoms. The Morgan fingerprint density at radius 1 is 1.27 bits per heavy atom. The number of H-pyrrole nitrogens is 1. The van der Waals surface area contributed by atoms with Crippen LogP contribution in [0.15, 0.2) is 51.4 Å². The number of nitrogens with zero attached hydrogens (tertiary/aromatic N) is 2. The van der Waals surface area contributed by atoms with Crippen LogP contribution in [0, 0.1) is 18.6 Å². The number of halogens is 3. The van der Waals surface area contributed by atoms with Gasteiger partial charge in [-0.15, -0.1) is 0 Å². The van der Waals surface area contributed by atoms with Gasteiger partial charge in [-0.1, -0.05) is 12.2 Å². The number of hydrogen-bond donors (Lipinski definition) is 1. The van der Waals surface area contributed by atoms with Crippen LogP contribution in [0.2, 0.25) is 0 Å². The van der Waals surface area contributed by atoms with Gasteiger partial charge in [0.05, 0.1) is 11.5 Å². The highest BCUT2D eigenvalue weighted by atomic mass is 79.9. The predicted octanol–water partition coefficient (Wildman–Crippen LogP) is 3.09. The first-order chi connectivity index (χ1) is 14.4. The second-order valence-corrected chi connectivity index (χ2v) is 7.81. The van der Waals surface area contributed by atoms with E-state index in [9.17, 15) is 13.6 Å². The number of ether oxygens (including phenoxy) is 1. The number of aromatic nitrogens is 3. The Labute approximate surface area is 179 Å². The van der Waals surface area contributed by atoms with Crippen molar-refractivity contribution in [2.45, 2.75) is 26.5 Å².